The van der Waals surface area contributed by atoms with Crippen LogP contribution in [0, 0.1) is 23.2 Å². The van der Waals surface area contributed by atoms with E-state index in [-0.39, 0.29) is 11.4 Å². The SMILES string of the molecule is O=C(/C=C/c1ccccc1)OCC12CCC3CC(CC(C3)C1)C2. The monoisotopic (exact) mass is 310 g/mol. The zero-order valence-electron chi connectivity index (χ0n) is 13.7. The molecule has 5 rings (SSSR count). The minimum absolute atomic E-state index is 0.193. The molecule has 4 aliphatic rings. The van der Waals surface area contributed by atoms with Gasteiger partial charge in [0.25, 0.3) is 0 Å². The normalized spacial score (nSPS) is 35.4. The van der Waals surface area contributed by atoms with E-state index in [9.17, 15) is 4.79 Å². The Morgan fingerprint density at radius 3 is 2.52 bits per heavy atom. The molecule has 4 aliphatic carbocycles. The molecule has 2 heteroatoms. The van der Waals surface area contributed by atoms with Gasteiger partial charge in [-0.3, -0.25) is 0 Å². The van der Waals surface area contributed by atoms with Gasteiger partial charge < -0.3 is 4.74 Å². The number of hydrogen-bond acceptors (Lipinski definition) is 2. The molecule has 1 aromatic carbocycles. The zero-order valence-corrected chi connectivity index (χ0v) is 13.7. The lowest BCUT2D eigenvalue weighted by atomic mass is 9.62. The quantitative estimate of drug-likeness (QED) is 0.587. The van der Waals surface area contributed by atoms with Crippen LogP contribution < -0.4 is 0 Å². The highest BCUT2D eigenvalue weighted by Crippen LogP contribution is 2.57. The molecule has 0 heterocycles. The average molecular weight is 310 g/mol. The lowest BCUT2D eigenvalue weighted by Crippen LogP contribution is -2.37. The van der Waals surface area contributed by atoms with Gasteiger partial charge in [0.1, 0.15) is 0 Å². The third-order valence-corrected chi connectivity index (χ3v) is 6.26. The minimum Gasteiger partial charge on any atom is -0.462 e. The van der Waals surface area contributed by atoms with E-state index in [0.717, 1.165) is 23.3 Å². The number of hydrogen-bond donors (Lipinski definition) is 0. The summed E-state index contributed by atoms with van der Waals surface area (Å²) in [6.07, 6.45) is 12.9. The molecule has 1 aromatic rings. The van der Waals surface area contributed by atoms with Crippen molar-refractivity contribution in [3.8, 4) is 0 Å². The summed E-state index contributed by atoms with van der Waals surface area (Å²) in [5.41, 5.74) is 1.32. The largest absolute Gasteiger partial charge is 0.462 e. The highest BCUT2D eigenvalue weighted by Gasteiger charge is 2.48. The molecule has 0 saturated heterocycles. The van der Waals surface area contributed by atoms with Crippen LogP contribution in [0.15, 0.2) is 36.4 Å². The molecule has 23 heavy (non-hydrogen) atoms. The van der Waals surface area contributed by atoms with Crippen molar-refractivity contribution in [3.63, 3.8) is 0 Å². The fourth-order valence-electron chi connectivity index (χ4n) is 5.49. The van der Waals surface area contributed by atoms with Crippen molar-refractivity contribution in [1.82, 2.24) is 0 Å². The Kier molecular flexibility index (Phi) is 4.00. The van der Waals surface area contributed by atoms with E-state index >= 15 is 0 Å². The van der Waals surface area contributed by atoms with E-state index in [1.54, 1.807) is 6.08 Å². The van der Waals surface area contributed by atoms with E-state index in [1.165, 1.54) is 44.9 Å². The average Bonchev–Trinajstić information content (AvgIpc) is 2.76. The van der Waals surface area contributed by atoms with Crippen LogP contribution in [0.1, 0.15) is 50.5 Å². The van der Waals surface area contributed by atoms with E-state index in [0.29, 0.717) is 6.61 Å². The number of benzene rings is 1. The molecule has 2 unspecified atom stereocenters. The second kappa shape index (κ2) is 6.14. The van der Waals surface area contributed by atoms with Crippen LogP contribution in [0.2, 0.25) is 0 Å². The Bertz CT molecular complexity index is 575. The maximum absolute atomic E-state index is 12.1. The second-order valence-corrected chi connectivity index (χ2v) is 8.10. The molecule has 0 radical (unpaired) electrons. The van der Waals surface area contributed by atoms with Gasteiger partial charge in [0.2, 0.25) is 0 Å². The summed E-state index contributed by atoms with van der Waals surface area (Å²) in [7, 11) is 0. The fraction of sp³-hybridized carbons (Fsp3) is 0.571. The Balaban J connectivity index is 1.37. The maximum Gasteiger partial charge on any atom is 0.330 e. The summed E-state index contributed by atoms with van der Waals surface area (Å²) in [6.45, 7) is 0.630. The van der Waals surface area contributed by atoms with Gasteiger partial charge in [0.05, 0.1) is 6.61 Å². The maximum atomic E-state index is 12.1. The molecule has 0 amide bonds. The van der Waals surface area contributed by atoms with Crippen molar-refractivity contribution < 1.29 is 9.53 Å². The van der Waals surface area contributed by atoms with Gasteiger partial charge in [-0.05, 0) is 74.3 Å². The molecule has 4 bridgehead atoms. The minimum atomic E-state index is -0.193. The number of carbonyl (C=O) groups is 1. The lowest BCUT2D eigenvalue weighted by molar-refractivity contribution is -0.143. The Hall–Kier alpha value is -1.57. The fourth-order valence-corrected chi connectivity index (χ4v) is 5.49. The predicted molar refractivity (Wildman–Crippen MR) is 91.7 cm³/mol. The molecule has 0 N–H and O–H groups in total. The Morgan fingerprint density at radius 1 is 1.09 bits per heavy atom. The zero-order chi connectivity index (χ0) is 15.7. The van der Waals surface area contributed by atoms with Gasteiger partial charge >= 0.3 is 5.97 Å². The van der Waals surface area contributed by atoms with Crippen LogP contribution in [0.5, 0.6) is 0 Å². The Labute approximate surface area is 138 Å². The topological polar surface area (TPSA) is 26.3 Å². The van der Waals surface area contributed by atoms with Crippen LogP contribution in [-0.2, 0) is 9.53 Å². The Morgan fingerprint density at radius 2 is 1.78 bits per heavy atom. The van der Waals surface area contributed by atoms with Crippen LogP contribution in [0.4, 0.5) is 0 Å². The van der Waals surface area contributed by atoms with Crippen molar-refractivity contribution in [2.24, 2.45) is 23.2 Å². The van der Waals surface area contributed by atoms with Crippen LogP contribution >= 0.6 is 0 Å². The third-order valence-electron chi connectivity index (χ3n) is 6.26. The van der Waals surface area contributed by atoms with Gasteiger partial charge in [-0.15, -0.1) is 0 Å². The summed E-state index contributed by atoms with van der Waals surface area (Å²) in [6, 6.07) is 9.92. The van der Waals surface area contributed by atoms with Gasteiger partial charge in [-0.25, -0.2) is 4.79 Å². The lowest BCUT2D eigenvalue weighted by Gasteiger charge is -2.44. The summed E-state index contributed by atoms with van der Waals surface area (Å²) < 4.78 is 5.68. The van der Waals surface area contributed by atoms with E-state index in [2.05, 4.69) is 0 Å². The number of ether oxygens (including phenoxy) is 1. The summed E-state index contributed by atoms with van der Waals surface area (Å²) in [5.74, 6) is 2.56. The first kappa shape index (κ1) is 15.0. The van der Waals surface area contributed by atoms with E-state index in [4.69, 9.17) is 4.74 Å². The van der Waals surface area contributed by atoms with Crippen LogP contribution in [0.3, 0.4) is 0 Å². The molecule has 4 fully saturated rings. The third kappa shape index (κ3) is 3.36. The first-order chi connectivity index (χ1) is 11.2. The predicted octanol–water partition coefficient (Wildman–Crippen LogP) is 4.85. The van der Waals surface area contributed by atoms with E-state index in [1.807, 2.05) is 36.4 Å². The van der Waals surface area contributed by atoms with E-state index < -0.39 is 0 Å². The van der Waals surface area contributed by atoms with Crippen molar-refractivity contribution in [1.29, 1.82) is 0 Å². The molecule has 2 atom stereocenters. The molecule has 122 valence electrons. The molecule has 2 nitrogen and oxygen atoms in total. The molecule has 0 spiro atoms. The van der Waals surface area contributed by atoms with Crippen LogP contribution in [0.25, 0.3) is 6.08 Å². The highest BCUT2D eigenvalue weighted by atomic mass is 16.5. The number of carbonyl (C=O) groups excluding carboxylic acids is 1. The van der Waals surface area contributed by atoms with Gasteiger partial charge in [0.15, 0.2) is 0 Å². The van der Waals surface area contributed by atoms with Crippen molar-refractivity contribution in [2.45, 2.75) is 44.9 Å². The summed E-state index contributed by atoms with van der Waals surface area (Å²) in [5, 5.41) is 0. The molecular formula is C21H26O2. The molecule has 0 aliphatic heterocycles. The van der Waals surface area contributed by atoms with Crippen LogP contribution in [-0.4, -0.2) is 12.6 Å². The van der Waals surface area contributed by atoms with Crippen molar-refractivity contribution in [3.05, 3.63) is 42.0 Å². The first-order valence-electron chi connectivity index (χ1n) is 9.11. The number of fused-ring (bicyclic) bond motifs is 1. The van der Waals surface area contributed by atoms with Gasteiger partial charge in [-0.1, -0.05) is 30.3 Å². The molecule has 4 saturated carbocycles. The van der Waals surface area contributed by atoms with Crippen molar-refractivity contribution in [2.75, 3.05) is 6.61 Å². The highest BCUT2D eigenvalue weighted by molar-refractivity contribution is 5.87. The summed E-state index contributed by atoms with van der Waals surface area (Å²) >= 11 is 0. The smallest absolute Gasteiger partial charge is 0.330 e. The summed E-state index contributed by atoms with van der Waals surface area (Å²) in [4.78, 5) is 12.1. The van der Waals surface area contributed by atoms with Gasteiger partial charge in [-0.2, -0.15) is 0 Å². The van der Waals surface area contributed by atoms with Crippen molar-refractivity contribution >= 4 is 12.0 Å². The first-order valence-corrected chi connectivity index (χ1v) is 9.11. The number of rotatable bonds is 4. The second-order valence-electron chi connectivity index (χ2n) is 8.10. The molecular weight excluding hydrogens is 284 g/mol. The standard InChI is InChI=1S/C21H26O2/c22-20(7-6-16-4-2-1-3-5-16)23-15-21-9-8-17-10-18(13-21)12-19(11-17)14-21/h1-7,17-19H,8-15H2/b7-6+. The number of esters is 1. The van der Waals surface area contributed by atoms with Gasteiger partial charge in [0, 0.05) is 11.5 Å². The molecule has 0 aromatic heterocycles.